The minimum Gasteiger partial charge on any atom is -0.380 e. The fourth-order valence-corrected chi connectivity index (χ4v) is 7.05. The second kappa shape index (κ2) is 21.6. The van der Waals surface area contributed by atoms with Gasteiger partial charge in [0.1, 0.15) is 12.2 Å². The maximum atomic E-state index is 14.1. The summed E-state index contributed by atoms with van der Waals surface area (Å²) in [7, 11) is 0. The molecule has 2 aromatic carbocycles. The number of ether oxygens (including phenoxy) is 4. The number of hydrogen-bond acceptors (Lipinski definition) is 8. The quantitative estimate of drug-likeness (QED) is 0.150. The Labute approximate surface area is 313 Å². The van der Waals surface area contributed by atoms with Gasteiger partial charge in [-0.1, -0.05) is 86.3 Å². The van der Waals surface area contributed by atoms with E-state index in [1.54, 1.807) is 4.90 Å². The summed E-state index contributed by atoms with van der Waals surface area (Å²) < 4.78 is 25.1. The van der Waals surface area contributed by atoms with Crippen molar-refractivity contribution in [2.45, 2.75) is 109 Å². The fourth-order valence-electron chi connectivity index (χ4n) is 7.05. The molecule has 288 valence electrons. The molecule has 1 heterocycles. The Morgan fingerprint density at radius 1 is 0.736 bits per heavy atom. The number of nitrogens with one attached hydrogen (secondary N) is 2. The molecule has 0 radical (unpaired) electrons. The molecule has 2 aliphatic rings. The molecule has 0 bridgehead atoms. The van der Waals surface area contributed by atoms with Gasteiger partial charge in [-0.3, -0.25) is 14.4 Å². The van der Waals surface area contributed by atoms with E-state index in [4.69, 9.17) is 18.9 Å². The molecule has 2 N–H and O–H groups in total. The number of benzene rings is 2. The lowest BCUT2D eigenvalue weighted by Gasteiger charge is -2.32. The van der Waals surface area contributed by atoms with Gasteiger partial charge < -0.3 is 34.5 Å². The number of aromatic nitrogens is 2. The highest BCUT2D eigenvalue weighted by Gasteiger charge is 2.32. The highest BCUT2D eigenvalue weighted by Crippen LogP contribution is 2.24. The fraction of sp³-hybridized carbons (Fsp3) is 0.561. The molecule has 2 aliphatic carbocycles. The Hall–Kier alpha value is -4.10. The number of hydrogen-bond donors (Lipinski definition) is 2. The van der Waals surface area contributed by atoms with Gasteiger partial charge >= 0.3 is 0 Å². The van der Waals surface area contributed by atoms with E-state index >= 15 is 0 Å². The summed E-state index contributed by atoms with van der Waals surface area (Å²) in [6.07, 6.45) is 6.92. The Bertz CT molecular complexity index is 1540. The summed E-state index contributed by atoms with van der Waals surface area (Å²) in [5.41, 5.74) is 2.37. The first-order chi connectivity index (χ1) is 25.9. The number of carbonyl (C=O) groups excluding carboxylic acids is 3. The van der Waals surface area contributed by atoms with Crippen LogP contribution in [-0.4, -0.2) is 96.2 Å². The maximum Gasteiger partial charge on any atom is 0.274 e. The van der Waals surface area contributed by atoms with Crippen LogP contribution in [0.5, 0.6) is 0 Å². The van der Waals surface area contributed by atoms with Gasteiger partial charge in [-0.2, -0.15) is 5.10 Å². The molecule has 3 amide bonds. The normalized spacial score (nSPS) is 20.1. The molecule has 0 aliphatic heterocycles. The molecule has 1 aromatic heterocycles. The second-order valence-corrected chi connectivity index (χ2v) is 13.8. The van der Waals surface area contributed by atoms with Crippen molar-refractivity contribution in [2.24, 2.45) is 0 Å². The number of carbonyl (C=O) groups is 3. The third-order valence-corrected chi connectivity index (χ3v) is 9.91. The Balaban J connectivity index is 1.32. The van der Waals surface area contributed by atoms with Crippen LogP contribution in [0.15, 0.2) is 66.7 Å². The second-order valence-electron chi connectivity index (χ2n) is 13.8. The van der Waals surface area contributed by atoms with E-state index in [9.17, 15) is 14.4 Å². The minimum atomic E-state index is -0.401. The van der Waals surface area contributed by atoms with E-state index < -0.39 is 5.91 Å². The molecule has 2 fully saturated rings. The van der Waals surface area contributed by atoms with Crippen LogP contribution in [0.25, 0.3) is 0 Å². The van der Waals surface area contributed by atoms with Gasteiger partial charge in [-0.25, -0.2) is 4.68 Å². The van der Waals surface area contributed by atoms with E-state index in [2.05, 4.69) is 15.7 Å². The van der Waals surface area contributed by atoms with E-state index in [1.807, 2.05) is 74.5 Å². The predicted octanol–water partition coefficient (Wildman–Crippen LogP) is 5.30. The average Bonchev–Trinajstić information content (AvgIpc) is 3.61. The van der Waals surface area contributed by atoms with Crippen molar-refractivity contribution in [2.75, 3.05) is 39.5 Å². The molecule has 5 rings (SSSR count). The number of amides is 3. The zero-order valence-corrected chi connectivity index (χ0v) is 31.4. The lowest BCUT2D eigenvalue weighted by atomic mass is 9.92. The Morgan fingerprint density at radius 3 is 1.77 bits per heavy atom. The van der Waals surface area contributed by atoms with E-state index in [-0.39, 0.29) is 54.0 Å². The molecule has 53 heavy (non-hydrogen) atoms. The molecule has 12 heteroatoms. The zero-order valence-electron chi connectivity index (χ0n) is 31.4. The van der Waals surface area contributed by atoms with E-state index in [0.717, 1.165) is 62.5 Å². The first kappa shape index (κ1) is 40.1. The van der Waals surface area contributed by atoms with Crippen LogP contribution in [0.4, 0.5) is 0 Å². The van der Waals surface area contributed by atoms with E-state index in [1.165, 1.54) is 10.7 Å². The average molecular weight is 732 g/mol. The topological polar surface area (TPSA) is 133 Å². The third kappa shape index (κ3) is 12.5. The molecule has 0 unspecified atom stereocenters. The van der Waals surface area contributed by atoms with Gasteiger partial charge in [-0.05, 0) is 50.7 Å². The summed E-state index contributed by atoms with van der Waals surface area (Å²) in [6.45, 7) is 6.92. The SMILES string of the molecule is CCOCCN(CCOCC)C(=O)c1cc(C(=O)N[C@H]2CCCC[C@@H]2OCc2ccccc2)n(CC(=O)N[C@H]2CCCC[C@@H]2OCc2ccccc2)n1. The van der Waals surface area contributed by atoms with Crippen molar-refractivity contribution in [3.63, 3.8) is 0 Å². The van der Waals surface area contributed by atoms with Gasteiger partial charge in [0.15, 0.2) is 5.69 Å². The molecule has 3 aromatic rings. The first-order valence-electron chi connectivity index (χ1n) is 19.4. The van der Waals surface area contributed by atoms with Crippen molar-refractivity contribution in [1.82, 2.24) is 25.3 Å². The smallest absolute Gasteiger partial charge is 0.274 e. The number of rotatable bonds is 20. The lowest BCUT2D eigenvalue weighted by molar-refractivity contribution is -0.124. The van der Waals surface area contributed by atoms with Crippen molar-refractivity contribution >= 4 is 17.7 Å². The van der Waals surface area contributed by atoms with Gasteiger partial charge in [-0.15, -0.1) is 0 Å². The molecule has 0 spiro atoms. The largest absolute Gasteiger partial charge is 0.380 e. The molecule has 4 atom stereocenters. The van der Waals surface area contributed by atoms with Crippen LogP contribution in [0.3, 0.4) is 0 Å². The van der Waals surface area contributed by atoms with Crippen molar-refractivity contribution in [3.8, 4) is 0 Å². The third-order valence-electron chi connectivity index (χ3n) is 9.91. The summed E-state index contributed by atoms with van der Waals surface area (Å²) in [5.74, 6) is -1.06. The minimum absolute atomic E-state index is 0.0817. The van der Waals surface area contributed by atoms with Gasteiger partial charge in [0.05, 0.1) is 50.7 Å². The van der Waals surface area contributed by atoms with Gasteiger partial charge in [0.2, 0.25) is 5.91 Å². The first-order valence-corrected chi connectivity index (χ1v) is 19.4. The highest BCUT2D eigenvalue weighted by atomic mass is 16.5. The van der Waals surface area contributed by atoms with E-state index in [0.29, 0.717) is 52.7 Å². The van der Waals surface area contributed by atoms with Crippen LogP contribution < -0.4 is 10.6 Å². The Kier molecular flexibility index (Phi) is 16.3. The molecular weight excluding hydrogens is 674 g/mol. The van der Waals surface area contributed by atoms with Crippen molar-refractivity contribution < 1.29 is 33.3 Å². The van der Waals surface area contributed by atoms with Crippen LogP contribution >= 0.6 is 0 Å². The summed E-state index contributed by atoms with van der Waals surface area (Å²) in [6, 6.07) is 21.1. The zero-order chi connectivity index (χ0) is 37.3. The number of nitrogens with zero attached hydrogens (tertiary/aromatic N) is 3. The monoisotopic (exact) mass is 731 g/mol. The maximum absolute atomic E-state index is 14.1. The van der Waals surface area contributed by atoms with Crippen molar-refractivity contribution in [3.05, 3.63) is 89.2 Å². The van der Waals surface area contributed by atoms with Gasteiger partial charge in [0, 0.05) is 32.4 Å². The standard InChI is InChI=1S/C41H57N5O7/c1-3-50-25-23-45(24-26-51-4-2)41(49)35-27-36(40(48)43-34-20-12-14-22-38(34)53-30-32-17-9-6-10-18-32)46(44-35)28-39(47)42-33-19-11-13-21-37(33)52-29-31-15-7-5-8-16-31/h5-10,15-18,27,33-34,37-38H,3-4,11-14,19-26,28-30H2,1-2H3,(H,42,47)(H,43,48)/t33-,34-,37-,38-/m0/s1. The van der Waals surface area contributed by atoms with Crippen LogP contribution in [0.2, 0.25) is 0 Å². The summed E-state index contributed by atoms with van der Waals surface area (Å²) >= 11 is 0. The predicted molar refractivity (Wildman–Crippen MR) is 201 cm³/mol. The van der Waals surface area contributed by atoms with Crippen LogP contribution in [0.1, 0.15) is 97.3 Å². The summed E-state index contributed by atoms with van der Waals surface area (Å²) in [4.78, 5) is 43.3. The van der Waals surface area contributed by atoms with Crippen LogP contribution in [-0.2, 0) is 43.5 Å². The molecule has 0 saturated heterocycles. The molecule has 2 saturated carbocycles. The van der Waals surface area contributed by atoms with Crippen LogP contribution in [0, 0.1) is 0 Å². The van der Waals surface area contributed by atoms with Crippen molar-refractivity contribution in [1.29, 1.82) is 0 Å². The highest BCUT2D eigenvalue weighted by molar-refractivity contribution is 5.98. The molecular formula is C41H57N5O7. The summed E-state index contributed by atoms with van der Waals surface area (Å²) in [5, 5.41) is 10.9. The molecule has 12 nitrogen and oxygen atoms in total. The Morgan fingerprint density at radius 2 is 1.25 bits per heavy atom. The van der Waals surface area contributed by atoms with Gasteiger partial charge in [0.25, 0.3) is 11.8 Å². The lowest BCUT2D eigenvalue weighted by Crippen LogP contribution is -2.48.